The van der Waals surface area contributed by atoms with Gasteiger partial charge in [0.25, 0.3) is 0 Å². The van der Waals surface area contributed by atoms with E-state index >= 15 is 0 Å². The fourth-order valence-corrected chi connectivity index (χ4v) is 2.30. The van der Waals surface area contributed by atoms with E-state index in [9.17, 15) is 0 Å². The van der Waals surface area contributed by atoms with Gasteiger partial charge in [0.05, 0.1) is 0 Å². The molecular formula is C13H26N2. The van der Waals surface area contributed by atoms with Gasteiger partial charge in [-0.25, -0.2) is 0 Å². The summed E-state index contributed by atoms with van der Waals surface area (Å²) in [5, 5.41) is 6.95. The van der Waals surface area contributed by atoms with Crippen LogP contribution in [0.5, 0.6) is 0 Å². The third kappa shape index (κ3) is 5.93. The smallest absolute Gasteiger partial charge is 0.00162 e. The van der Waals surface area contributed by atoms with Crippen LogP contribution in [0.3, 0.4) is 0 Å². The van der Waals surface area contributed by atoms with E-state index in [4.69, 9.17) is 5.41 Å². The van der Waals surface area contributed by atoms with Crippen LogP contribution in [-0.4, -0.2) is 30.7 Å². The van der Waals surface area contributed by atoms with Crippen LogP contribution in [-0.2, 0) is 0 Å². The summed E-state index contributed by atoms with van der Waals surface area (Å²) >= 11 is 0. The van der Waals surface area contributed by atoms with Crippen LogP contribution < -0.4 is 0 Å². The Balaban J connectivity index is 2.02. The van der Waals surface area contributed by atoms with E-state index in [-0.39, 0.29) is 0 Å². The molecule has 1 rings (SSSR count). The largest absolute Gasteiger partial charge is 0.313 e. The zero-order valence-electron chi connectivity index (χ0n) is 10.2. The summed E-state index contributed by atoms with van der Waals surface area (Å²) < 4.78 is 0. The molecule has 1 aliphatic rings. The summed E-state index contributed by atoms with van der Waals surface area (Å²) in [6, 6.07) is 0. The Morgan fingerprint density at radius 2 is 2.07 bits per heavy atom. The molecule has 2 nitrogen and oxygen atoms in total. The molecule has 0 aromatic carbocycles. The molecule has 0 saturated carbocycles. The van der Waals surface area contributed by atoms with Gasteiger partial charge >= 0.3 is 0 Å². The first-order chi connectivity index (χ1) is 7.33. The van der Waals surface area contributed by atoms with E-state index in [1.807, 2.05) is 0 Å². The number of rotatable bonds is 6. The SMILES string of the molecule is CC1CCCN(CCCCCC=N)CC1. The predicted molar refractivity (Wildman–Crippen MR) is 66.7 cm³/mol. The van der Waals surface area contributed by atoms with Crippen molar-refractivity contribution in [2.75, 3.05) is 19.6 Å². The number of unbranched alkanes of at least 4 members (excludes halogenated alkanes) is 3. The molecule has 1 fully saturated rings. The molecule has 0 bridgehead atoms. The Morgan fingerprint density at radius 3 is 2.87 bits per heavy atom. The number of nitrogens with one attached hydrogen (secondary N) is 1. The molecule has 0 aliphatic carbocycles. The van der Waals surface area contributed by atoms with E-state index in [1.165, 1.54) is 64.4 Å². The first-order valence-corrected chi connectivity index (χ1v) is 6.54. The molecule has 1 atom stereocenters. The summed E-state index contributed by atoms with van der Waals surface area (Å²) in [6.07, 6.45) is 10.5. The summed E-state index contributed by atoms with van der Waals surface area (Å²) in [7, 11) is 0. The Hall–Kier alpha value is -0.370. The van der Waals surface area contributed by atoms with Gasteiger partial charge in [-0.15, -0.1) is 0 Å². The summed E-state index contributed by atoms with van der Waals surface area (Å²) in [4.78, 5) is 2.63. The van der Waals surface area contributed by atoms with E-state index < -0.39 is 0 Å². The molecule has 1 unspecified atom stereocenters. The van der Waals surface area contributed by atoms with E-state index in [0.717, 1.165) is 12.3 Å². The van der Waals surface area contributed by atoms with Crippen molar-refractivity contribution in [3.8, 4) is 0 Å². The maximum Gasteiger partial charge on any atom is -0.00162 e. The van der Waals surface area contributed by atoms with Gasteiger partial charge in [0.15, 0.2) is 0 Å². The highest BCUT2D eigenvalue weighted by Gasteiger charge is 2.12. The summed E-state index contributed by atoms with van der Waals surface area (Å²) in [6.45, 7) is 6.29. The molecule has 2 heteroatoms. The Morgan fingerprint density at radius 1 is 1.20 bits per heavy atom. The number of hydrogen-bond acceptors (Lipinski definition) is 2. The van der Waals surface area contributed by atoms with Gasteiger partial charge in [-0.1, -0.05) is 13.3 Å². The lowest BCUT2D eigenvalue weighted by atomic mass is 10.0. The number of hydrogen-bond donors (Lipinski definition) is 1. The lowest BCUT2D eigenvalue weighted by Gasteiger charge is -2.19. The fraction of sp³-hybridized carbons (Fsp3) is 0.923. The van der Waals surface area contributed by atoms with Crippen LogP contribution in [0.25, 0.3) is 0 Å². The van der Waals surface area contributed by atoms with Crippen LogP contribution in [0, 0.1) is 11.3 Å². The van der Waals surface area contributed by atoms with Gasteiger partial charge < -0.3 is 10.3 Å². The third-order valence-electron chi connectivity index (χ3n) is 3.43. The zero-order chi connectivity index (χ0) is 10.9. The van der Waals surface area contributed by atoms with Crippen molar-refractivity contribution in [1.29, 1.82) is 5.41 Å². The van der Waals surface area contributed by atoms with Crippen LogP contribution in [0.2, 0.25) is 0 Å². The van der Waals surface area contributed by atoms with Crippen LogP contribution >= 0.6 is 0 Å². The third-order valence-corrected chi connectivity index (χ3v) is 3.43. The first-order valence-electron chi connectivity index (χ1n) is 6.54. The molecule has 88 valence electrons. The summed E-state index contributed by atoms with van der Waals surface area (Å²) in [5.41, 5.74) is 0. The molecule has 1 aliphatic heterocycles. The van der Waals surface area contributed by atoms with Crippen molar-refractivity contribution in [3.63, 3.8) is 0 Å². The fourth-order valence-electron chi connectivity index (χ4n) is 2.30. The van der Waals surface area contributed by atoms with Crippen molar-refractivity contribution in [2.45, 2.75) is 51.9 Å². The van der Waals surface area contributed by atoms with Gasteiger partial charge in [-0.05, 0) is 70.3 Å². The molecule has 0 radical (unpaired) electrons. The highest BCUT2D eigenvalue weighted by atomic mass is 15.1. The molecule has 0 aromatic rings. The second-order valence-corrected chi connectivity index (χ2v) is 4.93. The van der Waals surface area contributed by atoms with E-state index in [0.29, 0.717) is 0 Å². The van der Waals surface area contributed by atoms with Gasteiger partial charge in [-0.2, -0.15) is 0 Å². The van der Waals surface area contributed by atoms with Crippen LogP contribution in [0.4, 0.5) is 0 Å². The van der Waals surface area contributed by atoms with Crippen LogP contribution in [0.1, 0.15) is 51.9 Å². The molecule has 1 saturated heterocycles. The zero-order valence-corrected chi connectivity index (χ0v) is 10.2. The molecule has 15 heavy (non-hydrogen) atoms. The first kappa shape index (κ1) is 12.7. The van der Waals surface area contributed by atoms with Gasteiger partial charge in [-0.3, -0.25) is 0 Å². The lowest BCUT2D eigenvalue weighted by molar-refractivity contribution is 0.275. The van der Waals surface area contributed by atoms with Crippen molar-refractivity contribution in [2.24, 2.45) is 5.92 Å². The second-order valence-electron chi connectivity index (χ2n) is 4.93. The van der Waals surface area contributed by atoms with Crippen molar-refractivity contribution >= 4 is 6.21 Å². The molecule has 0 amide bonds. The average molecular weight is 210 g/mol. The summed E-state index contributed by atoms with van der Waals surface area (Å²) in [5.74, 6) is 0.938. The maximum atomic E-state index is 6.95. The minimum absolute atomic E-state index is 0.938. The number of nitrogens with zero attached hydrogens (tertiary/aromatic N) is 1. The molecule has 1 N–H and O–H groups in total. The van der Waals surface area contributed by atoms with Crippen molar-refractivity contribution in [1.82, 2.24) is 4.90 Å². The highest BCUT2D eigenvalue weighted by Crippen LogP contribution is 2.16. The minimum Gasteiger partial charge on any atom is -0.313 e. The van der Waals surface area contributed by atoms with E-state index in [1.54, 1.807) is 0 Å². The Kier molecular flexibility index (Phi) is 6.66. The molecule has 0 aromatic heterocycles. The monoisotopic (exact) mass is 210 g/mol. The average Bonchev–Trinajstić information content (AvgIpc) is 2.43. The lowest BCUT2D eigenvalue weighted by Crippen LogP contribution is -2.25. The molecular weight excluding hydrogens is 184 g/mol. The highest BCUT2D eigenvalue weighted by molar-refractivity contribution is 5.52. The topological polar surface area (TPSA) is 27.1 Å². The standard InChI is InChI=1S/C13H26N2/c1-13-7-6-11-15(12-8-13)10-5-3-2-4-9-14/h9,13-14H,2-8,10-12H2,1H3. The Bertz CT molecular complexity index is 168. The minimum atomic E-state index is 0.938. The second kappa shape index (κ2) is 7.86. The maximum absolute atomic E-state index is 6.95. The Labute approximate surface area is 94.6 Å². The molecule has 1 heterocycles. The van der Waals surface area contributed by atoms with E-state index in [2.05, 4.69) is 11.8 Å². The van der Waals surface area contributed by atoms with Crippen LogP contribution in [0.15, 0.2) is 0 Å². The van der Waals surface area contributed by atoms with Crippen molar-refractivity contribution < 1.29 is 0 Å². The number of likely N-dealkylation sites (tertiary alicyclic amines) is 1. The van der Waals surface area contributed by atoms with Gasteiger partial charge in [0, 0.05) is 0 Å². The molecule has 0 spiro atoms. The normalized spacial score (nSPS) is 23.7. The van der Waals surface area contributed by atoms with Crippen molar-refractivity contribution in [3.05, 3.63) is 0 Å². The quantitative estimate of drug-likeness (QED) is 0.528. The predicted octanol–water partition coefficient (Wildman–Crippen LogP) is 3.32. The van der Waals surface area contributed by atoms with Gasteiger partial charge in [0.1, 0.15) is 0 Å². The van der Waals surface area contributed by atoms with Gasteiger partial charge in [0.2, 0.25) is 0 Å².